The molecule has 1 N–H and O–H groups in total. The van der Waals surface area contributed by atoms with Crippen LogP contribution in [0.4, 0.5) is 8.78 Å². The molecule has 1 aliphatic carbocycles. The number of nitrogens with zero attached hydrogens (tertiary/aromatic N) is 1. The van der Waals surface area contributed by atoms with Crippen LogP contribution in [0, 0.1) is 11.6 Å². The summed E-state index contributed by atoms with van der Waals surface area (Å²) >= 11 is 0. The van der Waals surface area contributed by atoms with Crippen molar-refractivity contribution >= 4 is 11.8 Å². The third kappa shape index (κ3) is 6.98. The number of nitrogens with one attached hydrogen (secondary N) is 1. The predicted octanol–water partition coefficient (Wildman–Crippen LogP) is 5.21. The van der Waals surface area contributed by atoms with Gasteiger partial charge in [0.25, 0.3) is 0 Å². The van der Waals surface area contributed by atoms with Crippen LogP contribution in [-0.2, 0) is 29.0 Å². The lowest BCUT2D eigenvalue weighted by atomic mass is 10.0. The van der Waals surface area contributed by atoms with Gasteiger partial charge in [-0.1, -0.05) is 67.4 Å². The first-order chi connectivity index (χ1) is 17.0. The van der Waals surface area contributed by atoms with Gasteiger partial charge in [-0.25, -0.2) is 8.78 Å². The standard InChI is InChI=1S/C29H30F2N2O2/c30-24-14-10-22(11-15-24)19-28(34)33(20-23-12-16-25(31)17-13-23)27(18-21-6-2-1-3-7-21)29(35)32-26-8-4-5-9-26/h1-3,6-7,10-17,26-27H,4-5,8-9,18-20H2,(H,32,35)/t27-/m0/s1. The van der Waals surface area contributed by atoms with Crippen molar-refractivity contribution in [2.24, 2.45) is 0 Å². The number of carbonyl (C=O) groups excluding carboxylic acids is 2. The second-order valence-electron chi connectivity index (χ2n) is 9.15. The molecule has 4 rings (SSSR count). The Bertz CT molecular complexity index is 1110. The van der Waals surface area contributed by atoms with E-state index < -0.39 is 6.04 Å². The molecule has 3 aromatic rings. The summed E-state index contributed by atoms with van der Waals surface area (Å²) in [5.41, 5.74) is 2.33. The molecule has 1 saturated carbocycles. The van der Waals surface area contributed by atoms with Crippen molar-refractivity contribution in [3.05, 3.63) is 107 Å². The van der Waals surface area contributed by atoms with Gasteiger partial charge in [-0.2, -0.15) is 0 Å². The molecule has 2 amide bonds. The van der Waals surface area contributed by atoms with Crippen molar-refractivity contribution in [1.29, 1.82) is 0 Å². The zero-order valence-electron chi connectivity index (χ0n) is 19.6. The fraction of sp³-hybridized carbons (Fsp3) is 0.310. The van der Waals surface area contributed by atoms with Crippen molar-refractivity contribution in [2.75, 3.05) is 0 Å². The molecule has 0 heterocycles. The molecule has 1 atom stereocenters. The van der Waals surface area contributed by atoms with E-state index in [1.807, 2.05) is 30.3 Å². The molecular weight excluding hydrogens is 446 g/mol. The van der Waals surface area contributed by atoms with Gasteiger partial charge in [-0.15, -0.1) is 0 Å². The van der Waals surface area contributed by atoms with E-state index in [2.05, 4.69) is 5.32 Å². The maximum absolute atomic E-state index is 13.6. The highest BCUT2D eigenvalue weighted by Gasteiger charge is 2.32. The van der Waals surface area contributed by atoms with Gasteiger partial charge in [0.05, 0.1) is 6.42 Å². The van der Waals surface area contributed by atoms with Gasteiger partial charge in [0.15, 0.2) is 0 Å². The summed E-state index contributed by atoms with van der Waals surface area (Å²) in [5.74, 6) is -1.17. The van der Waals surface area contributed by atoms with Gasteiger partial charge in [0.1, 0.15) is 17.7 Å². The highest BCUT2D eigenvalue weighted by atomic mass is 19.1. The van der Waals surface area contributed by atoms with Crippen molar-refractivity contribution in [3.8, 4) is 0 Å². The molecule has 3 aromatic carbocycles. The van der Waals surface area contributed by atoms with E-state index in [0.717, 1.165) is 36.8 Å². The Hall–Kier alpha value is -3.54. The van der Waals surface area contributed by atoms with Crippen LogP contribution in [0.5, 0.6) is 0 Å². The molecule has 1 fully saturated rings. The van der Waals surface area contributed by atoms with E-state index >= 15 is 0 Å². The fourth-order valence-electron chi connectivity index (χ4n) is 4.59. The predicted molar refractivity (Wildman–Crippen MR) is 131 cm³/mol. The molecule has 4 nitrogen and oxygen atoms in total. The molecule has 0 saturated heterocycles. The zero-order valence-corrected chi connectivity index (χ0v) is 19.6. The number of benzene rings is 3. The van der Waals surface area contributed by atoms with Crippen LogP contribution >= 0.6 is 0 Å². The van der Waals surface area contributed by atoms with Gasteiger partial charge in [-0.05, 0) is 53.8 Å². The van der Waals surface area contributed by atoms with E-state index in [4.69, 9.17) is 0 Å². The van der Waals surface area contributed by atoms with E-state index in [1.54, 1.807) is 29.2 Å². The van der Waals surface area contributed by atoms with Gasteiger partial charge in [-0.3, -0.25) is 9.59 Å². The molecule has 0 radical (unpaired) electrons. The Morgan fingerprint density at radius 1 is 0.800 bits per heavy atom. The van der Waals surface area contributed by atoms with Crippen molar-refractivity contribution in [3.63, 3.8) is 0 Å². The summed E-state index contributed by atoms with van der Waals surface area (Å²) in [6.45, 7) is 0.163. The lowest BCUT2D eigenvalue weighted by Gasteiger charge is -2.32. The SMILES string of the molecule is O=C(NC1CCCC1)[C@H](Cc1ccccc1)N(Cc1ccc(F)cc1)C(=O)Cc1ccc(F)cc1. The highest BCUT2D eigenvalue weighted by molar-refractivity contribution is 5.89. The van der Waals surface area contributed by atoms with Gasteiger partial charge < -0.3 is 10.2 Å². The van der Waals surface area contributed by atoms with Crippen LogP contribution in [0.25, 0.3) is 0 Å². The molecule has 0 spiro atoms. The van der Waals surface area contributed by atoms with Crippen molar-refractivity contribution < 1.29 is 18.4 Å². The molecule has 6 heteroatoms. The number of rotatable bonds is 9. The number of halogens is 2. The van der Waals surface area contributed by atoms with Crippen LogP contribution in [0.15, 0.2) is 78.9 Å². The van der Waals surface area contributed by atoms with Crippen LogP contribution in [0.2, 0.25) is 0 Å². The Balaban J connectivity index is 1.64. The minimum absolute atomic E-state index is 0.0312. The van der Waals surface area contributed by atoms with E-state index in [1.165, 1.54) is 24.3 Å². The minimum Gasteiger partial charge on any atom is -0.352 e. The van der Waals surface area contributed by atoms with E-state index in [0.29, 0.717) is 12.0 Å². The smallest absolute Gasteiger partial charge is 0.243 e. The minimum atomic E-state index is -0.740. The number of hydrogen-bond acceptors (Lipinski definition) is 2. The second kappa shape index (κ2) is 11.7. The lowest BCUT2D eigenvalue weighted by Crippen LogP contribution is -2.52. The average molecular weight is 477 g/mol. The maximum Gasteiger partial charge on any atom is 0.243 e. The van der Waals surface area contributed by atoms with Crippen LogP contribution in [0.1, 0.15) is 42.4 Å². The monoisotopic (exact) mass is 476 g/mol. The highest BCUT2D eigenvalue weighted by Crippen LogP contribution is 2.21. The zero-order chi connectivity index (χ0) is 24.6. The van der Waals surface area contributed by atoms with Gasteiger partial charge in [0, 0.05) is 19.0 Å². The van der Waals surface area contributed by atoms with Gasteiger partial charge >= 0.3 is 0 Å². The van der Waals surface area contributed by atoms with Crippen LogP contribution < -0.4 is 5.32 Å². The molecule has 35 heavy (non-hydrogen) atoms. The summed E-state index contributed by atoms with van der Waals surface area (Å²) < 4.78 is 26.9. The normalized spacial score (nSPS) is 14.5. The Kier molecular flexibility index (Phi) is 8.24. The van der Waals surface area contributed by atoms with Crippen LogP contribution in [0.3, 0.4) is 0 Å². The summed E-state index contributed by atoms with van der Waals surface area (Å²) in [6.07, 6.45) is 4.42. The molecule has 0 aliphatic heterocycles. The largest absolute Gasteiger partial charge is 0.352 e. The number of hydrogen-bond donors (Lipinski definition) is 1. The maximum atomic E-state index is 13.6. The average Bonchev–Trinajstić information content (AvgIpc) is 3.37. The van der Waals surface area contributed by atoms with Gasteiger partial charge in [0.2, 0.25) is 11.8 Å². The first-order valence-corrected chi connectivity index (χ1v) is 12.1. The molecule has 0 aromatic heterocycles. The van der Waals surface area contributed by atoms with Crippen molar-refractivity contribution in [2.45, 2.75) is 57.2 Å². The Morgan fingerprint density at radius 3 is 1.97 bits per heavy atom. The molecule has 182 valence electrons. The number of carbonyl (C=O) groups is 2. The summed E-state index contributed by atoms with van der Waals surface area (Å²) in [5, 5.41) is 3.16. The quantitative estimate of drug-likeness (QED) is 0.461. The fourth-order valence-corrected chi connectivity index (χ4v) is 4.59. The lowest BCUT2D eigenvalue weighted by molar-refractivity contribution is -0.141. The molecular formula is C29H30F2N2O2. The summed E-state index contributed by atoms with van der Waals surface area (Å²) in [4.78, 5) is 28.8. The number of amides is 2. The topological polar surface area (TPSA) is 49.4 Å². The van der Waals surface area contributed by atoms with Crippen LogP contribution in [-0.4, -0.2) is 28.8 Å². The summed E-state index contributed by atoms with van der Waals surface area (Å²) in [7, 11) is 0. The first-order valence-electron chi connectivity index (χ1n) is 12.1. The third-order valence-corrected chi connectivity index (χ3v) is 6.51. The molecule has 0 unspecified atom stereocenters. The molecule has 1 aliphatic rings. The first kappa shape index (κ1) is 24.6. The molecule has 0 bridgehead atoms. The third-order valence-electron chi connectivity index (χ3n) is 6.51. The summed E-state index contributed by atoms with van der Waals surface area (Å²) in [6, 6.07) is 20.7. The Morgan fingerprint density at radius 2 is 1.37 bits per heavy atom. The Labute approximate surface area is 205 Å². The van der Waals surface area contributed by atoms with E-state index in [9.17, 15) is 18.4 Å². The second-order valence-corrected chi connectivity index (χ2v) is 9.15. The van der Waals surface area contributed by atoms with E-state index in [-0.39, 0.29) is 42.5 Å². The van der Waals surface area contributed by atoms with Crippen molar-refractivity contribution in [1.82, 2.24) is 10.2 Å².